The van der Waals surface area contributed by atoms with Crippen LogP contribution in [0.3, 0.4) is 0 Å². The molecule has 0 spiro atoms. The molecule has 0 amide bonds. The summed E-state index contributed by atoms with van der Waals surface area (Å²) < 4.78 is 2.60. The summed E-state index contributed by atoms with van der Waals surface area (Å²) in [5, 5.41) is 2.59. The van der Waals surface area contributed by atoms with Crippen LogP contribution in [0, 0.1) is 0 Å². The highest BCUT2D eigenvalue weighted by atomic mass is 32.1. The molecule has 2 aliphatic carbocycles. The maximum absolute atomic E-state index is 2.89. The second-order valence-electron chi connectivity index (χ2n) is 26.6. The van der Waals surface area contributed by atoms with Crippen LogP contribution in [0.4, 0.5) is 45.5 Å². The molecule has 2 atom stereocenters. The van der Waals surface area contributed by atoms with Gasteiger partial charge in [0, 0.05) is 65.3 Å². The Bertz CT molecular complexity index is 4130. The van der Waals surface area contributed by atoms with Crippen LogP contribution in [0.2, 0.25) is 0 Å². The van der Waals surface area contributed by atoms with Gasteiger partial charge in [-0.3, -0.25) is 0 Å². The van der Waals surface area contributed by atoms with Gasteiger partial charge in [0.1, 0.15) is 0 Å². The summed E-state index contributed by atoms with van der Waals surface area (Å²) in [7, 11) is 0. The van der Waals surface area contributed by atoms with Crippen molar-refractivity contribution in [3.05, 3.63) is 210 Å². The van der Waals surface area contributed by atoms with Gasteiger partial charge in [-0.15, -0.1) is 11.3 Å². The van der Waals surface area contributed by atoms with Crippen molar-refractivity contribution in [1.29, 1.82) is 0 Å². The third kappa shape index (κ3) is 7.03. The summed E-state index contributed by atoms with van der Waals surface area (Å²) in [6.45, 7) is 22.1. The highest BCUT2D eigenvalue weighted by Gasteiger charge is 2.61. The highest BCUT2D eigenvalue weighted by molar-refractivity contribution is 7.26. The van der Waals surface area contributed by atoms with E-state index in [-0.39, 0.29) is 33.9 Å². The Morgan fingerprint density at radius 3 is 1.89 bits per heavy atom. The molecule has 1 aromatic heterocycles. The second-order valence-corrected chi connectivity index (χ2v) is 27.7. The van der Waals surface area contributed by atoms with E-state index in [2.05, 4.69) is 265 Å². The summed E-state index contributed by atoms with van der Waals surface area (Å²) in [6, 6.07) is 73.3. The van der Waals surface area contributed by atoms with E-state index < -0.39 is 0 Å². The lowest BCUT2D eigenvalue weighted by molar-refractivity contribution is 0.195. The first kappa shape index (κ1) is 48.8. The molecule has 0 saturated heterocycles. The van der Waals surface area contributed by atoms with Crippen molar-refractivity contribution in [2.24, 2.45) is 0 Å². The summed E-state index contributed by atoms with van der Waals surface area (Å²) >= 11 is 1.89. The smallest absolute Gasteiger partial charge is 0.252 e. The van der Waals surface area contributed by atoms with E-state index >= 15 is 0 Å². The van der Waals surface area contributed by atoms with Crippen molar-refractivity contribution in [2.45, 2.75) is 128 Å². The number of nitrogens with zero attached hydrogens (tertiary/aromatic N) is 3. The van der Waals surface area contributed by atoms with Crippen molar-refractivity contribution in [3.63, 3.8) is 0 Å². The first-order valence-corrected chi connectivity index (χ1v) is 30.0. The standard InChI is InChI=1S/C74H70BN3S/c1-70(2,3)50-32-34-51(35-33-50)76(60-29-21-31-66-67(60)53-26-16-17-30-65(53)79-66)52-36-37-58-62(44-52)77(61-46-57-56(71(4,5)40-41-72(57,6)7)45-54(61)48-24-14-11-15-25-48)63-42-49(47-22-12-10-13-23-47)43-64-68(63)75(58)59-28-20-27-55-69(59)78(64)74(9)39-19-18-38-73(55,74)8/h10-17,20-37,42-46H,18-19,38-41H2,1-9H3. The summed E-state index contributed by atoms with van der Waals surface area (Å²) in [5.74, 6) is 0. The zero-order chi connectivity index (χ0) is 54.0. The van der Waals surface area contributed by atoms with Gasteiger partial charge >= 0.3 is 0 Å². The van der Waals surface area contributed by atoms with E-state index in [0.29, 0.717) is 0 Å². The van der Waals surface area contributed by atoms with Gasteiger partial charge in [0.2, 0.25) is 0 Å². The molecular formula is C74H70BN3S. The molecule has 0 N–H and O–H groups in total. The minimum absolute atomic E-state index is 0.000653. The number of rotatable bonds is 6. The van der Waals surface area contributed by atoms with E-state index in [9.17, 15) is 0 Å². The molecule has 4 heterocycles. The van der Waals surface area contributed by atoms with Gasteiger partial charge in [0.05, 0.1) is 16.9 Å². The number of anilines is 8. The Kier molecular flexibility index (Phi) is 10.5. The fourth-order valence-corrected chi connectivity index (χ4v) is 16.7. The Morgan fingerprint density at radius 2 is 1.14 bits per heavy atom. The third-order valence-corrected chi connectivity index (χ3v) is 21.4. The van der Waals surface area contributed by atoms with Crippen molar-refractivity contribution in [2.75, 3.05) is 14.7 Å². The normalized spacial score (nSPS) is 20.1. The average molecular weight is 1040 g/mol. The molecule has 5 aliphatic rings. The number of benzene rings is 9. The van der Waals surface area contributed by atoms with Crippen molar-refractivity contribution >= 4 is 100 Å². The third-order valence-electron chi connectivity index (χ3n) is 20.2. The van der Waals surface area contributed by atoms with Gasteiger partial charge in [-0.1, -0.05) is 190 Å². The van der Waals surface area contributed by atoms with Crippen LogP contribution in [0.1, 0.15) is 123 Å². The number of para-hydroxylation sites is 1. The highest BCUT2D eigenvalue weighted by Crippen LogP contribution is 2.63. The zero-order valence-electron chi connectivity index (χ0n) is 47.5. The predicted octanol–water partition coefficient (Wildman–Crippen LogP) is 18.9. The Labute approximate surface area is 472 Å². The number of hydrogen-bond acceptors (Lipinski definition) is 4. The summed E-state index contributed by atoms with van der Waals surface area (Å²) in [5.41, 5.74) is 24.9. The molecule has 9 aromatic carbocycles. The molecule has 3 aliphatic heterocycles. The molecule has 390 valence electrons. The monoisotopic (exact) mass is 1040 g/mol. The average Bonchev–Trinajstić information content (AvgIpc) is 1.91. The Balaban J connectivity index is 1.08. The second kappa shape index (κ2) is 17.1. The van der Waals surface area contributed by atoms with Gasteiger partial charge in [-0.2, -0.15) is 0 Å². The van der Waals surface area contributed by atoms with Gasteiger partial charge in [0.15, 0.2) is 0 Å². The first-order valence-electron chi connectivity index (χ1n) is 29.2. The lowest BCUT2D eigenvalue weighted by Gasteiger charge is -2.53. The zero-order valence-corrected chi connectivity index (χ0v) is 48.3. The molecule has 0 radical (unpaired) electrons. The van der Waals surface area contributed by atoms with Crippen LogP contribution >= 0.6 is 11.3 Å². The fourth-order valence-electron chi connectivity index (χ4n) is 15.6. The molecule has 0 bridgehead atoms. The van der Waals surface area contributed by atoms with Crippen LogP contribution in [0.25, 0.3) is 42.4 Å². The first-order chi connectivity index (χ1) is 38.0. The van der Waals surface area contributed by atoms with E-state index in [4.69, 9.17) is 0 Å². The van der Waals surface area contributed by atoms with E-state index in [1.807, 2.05) is 11.3 Å². The van der Waals surface area contributed by atoms with E-state index in [1.54, 1.807) is 0 Å². The van der Waals surface area contributed by atoms with Gasteiger partial charge in [-0.05, 0) is 171 Å². The lowest BCUT2D eigenvalue weighted by Crippen LogP contribution is -2.64. The van der Waals surface area contributed by atoms with Crippen LogP contribution in [0.15, 0.2) is 188 Å². The molecule has 1 saturated carbocycles. The minimum Gasteiger partial charge on any atom is -0.335 e. The number of hydrogen-bond donors (Lipinski definition) is 0. The van der Waals surface area contributed by atoms with Gasteiger partial charge in [0.25, 0.3) is 6.71 Å². The molecule has 79 heavy (non-hydrogen) atoms. The SMILES string of the molecule is CC(C)(C)c1ccc(N(c2ccc3c(c2)N(c2cc4c(cc2-c2ccccc2)C(C)(C)CCC4(C)C)c2cc(-c4ccccc4)cc4c2B3c2cccc3c2N4C2(C)CCCCC32C)c2cccc3sc4ccccc4c23)cc1. The molecule has 3 nitrogen and oxygen atoms in total. The van der Waals surface area contributed by atoms with Crippen LogP contribution < -0.4 is 31.1 Å². The summed E-state index contributed by atoms with van der Waals surface area (Å²) in [6.07, 6.45) is 7.12. The maximum atomic E-state index is 2.89. The van der Waals surface area contributed by atoms with Crippen LogP contribution in [0.5, 0.6) is 0 Å². The van der Waals surface area contributed by atoms with Crippen molar-refractivity contribution in [3.8, 4) is 22.3 Å². The topological polar surface area (TPSA) is 9.72 Å². The van der Waals surface area contributed by atoms with E-state index in [1.165, 1.54) is 134 Å². The van der Waals surface area contributed by atoms with Crippen LogP contribution in [-0.2, 0) is 21.7 Å². The minimum atomic E-state index is -0.0980. The van der Waals surface area contributed by atoms with Gasteiger partial charge < -0.3 is 14.7 Å². The van der Waals surface area contributed by atoms with E-state index in [0.717, 1.165) is 30.6 Å². The predicted molar refractivity (Wildman–Crippen MR) is 341 cm³/mol. The molecule has 10 aromatic rings. The largest absolute Gasteiger partial charge is 0.335 e. The quantitative estimate of drug-likeness (QED) is 0.154. The fraction of sp³-hybridized carbons (Fsp3) is 0.270. The molecule has 2 unspecified atom stereocenters. The molecule has 5 heteroatoms. The van der Waals surface area contributed by atoms with Crippen molar-refractivity contribution < 1.29 is 0 Å². The molecule has 1 fully saturated rings. The van der Waals surface area contributed by atoms with Crippen molar-refractivity contribution in [1.82, 2.24) is 0 Å². The molecule has 15 rings (SSSR count). The number of fused-ring (bicyclic) bond motifs is 11. The lowest BCUT2D eigenvalue weighted by atomic mass is 9.33. The maximum Gasteiger partial charge on any atom is 0.252 e. The summed E-state index contributed by atoms with van der Waals surface area (Å²) in [4.78, 5) is 8.22. The molecular weight excluding hydrogens is 974 g/mol. The number of thiophene rings is 1. The Hall–Kier alpha value is -7.34. The van der Waals surface area contributed by atoms with Gasteiger partial charge in [-0.25, -0.2) is 0 Å². The van der Waals surface area contributed by atoms with Crippen LogP contribution in [-0.4, -0.2) is 12.3 Å². The Morgan fingerprint density at radius 1 is 0.494 bits per heavy atom.